The Morgan fingerprint density at radius 3 is 2.79 bits per heavy atom. The van der Waals surface area contributed by atoms with Crippen molar-refractivity contribution in [1.82, 2.24) is 4.72 Å². The number of hydrogen-bond donors (Lipinski definition) is 1. The van der Waals surface area contributed by atoms with Gasteiger partial charge >= 0.3 is 0 Å². The van der Waals surface area contributed by atoms with E-state index in [0.29, 0.717) is 10.8 Å². The Bertz CT molecular complexity index is 518. The summed E-state index contributed by atoms with van der Waals surface area (Å²) in [5.41, 5.74) is -0.345. The molecule has 108 valence electrons. The minimum absolute atomic E-state index is 0.345. The lowest BCUT2D eigenvalue weighted by Crippen LogP contribution is -2.44. The molecule has 1 fully saturated rings. The van der Waals surface area contributed by atoms with E-state index in [2.05, 4.69) is 4.72 Å². The molecule has 7 heteroatoms. The Balaban J connectivity index is 2.05. The van der Waals surface area contributed by atoms with Crippen molar-refractivity contribution in [3.05, 3.63) is 17.0 Å². The standard InChI is InChI=1S/C12H19NO3S3/c1-3-10-4-5-11(18-10)19(14,15)13-8-12(16-2)6-7-17-9-12/h4-5,13H,3,6-9H2,1-2H3/t12-/m0/s1. The van der Waals surface area contributed by atoms with Crippen molar-refractivity contribution in [2.24, 2.45) is 0 Å². The first-order chi connectivity index (χ1) is 9.01. The topological polar surface area (TPSA) is 55.4 Å². The van der Waals surface area contributed by atoms with E-state index in [1.165, 1.54) is 11.3 Å². The Morgan fingerprint density at radius 1 is 1.47 bits per heavy atom. The third kappa shape index (κ3) is 3.52. The normalized spacial score (nSPS) is 23.9. The molecule has 1 N–H and O–H groups in total. The fourth-order valence-electron chi connectivity index (χ4n) is 1.95. The summed E-state index contributed by atoms with van der Waals surface area (Å²) in [4.78, 5) is 1.08. The maximum absolute atomic E-state index is 12.2. The smallest absolute Gasteiger partial charge is 0.250 e. The molecule has 0 aliphatic carbocycles. The van der Waals surface area contributed by atoms with Crippen LogP contribution in [0.25, 0.3) is 0 Å². The van der Waals surface area contributed by atoms with E-state index in [1.807, 2.05) is 13.0 Å². The number of rotatable bonds is 6. The van der Waals surface area contributed by atoms with Crippen LogP contribution in [0.2, 0.25) is 0 Å². The molecule has 0 radical (unpaired) electrons. The average Bonchev–Trinajstić information content (AvgIpc) is 3.06. The van der Waals surface area contributed by atoms with Crippen molar-refractivity contribution < 1.29 is 13.2 Å². The molecule has 1 aromatic heterocycles. The van der Waals surface area contributed by atoms with Crippen LogP contribution in [0.15, 0.2) is 16.3 Å². The van der Waals surface area contributed by atoms with Crippen molar-refractivity contribution in [1.29, 1.82) is 0 Å². The largest absolute Gasteiger partial charge is 0.376 e. The highest BCUT2D eigenvalue weighted by atomic mass is 32.2. The van der Waals surface area contributed by atoms with E-state index < -0.39 is 10.0 Å². The Labute approximate surface area is 123 Å². The van der Waals surface area contributed by atoms with Crippen molar-refractivity contribution in [2.45, 2.75) is 29.6 Å². The monoisotopic (exact) mass is 321 g/mol. The summed E-state index contributed by atoms with van der Waals surface area (Å²) in [6, 6.07) is 3.55. The van der Waals surface area contributed by atoms with Crippen LogP contribution in [-0.4, -0.2) is 39.2 Å². The summed E-state index contributed by atoms with van der Waals surface area (Å²) in [5.74, 6) is 1.87. The van der Waals surface area contributed by atoms with E-state index in [1.54, 1.807) is 24.9 Å². The summed E-state index contributed by atoms with van der Waals surface area (Å²) < 4.78 is 33.0. The van der Waals surface area contributed by atoms with Crippen LogP contribution in [-0.2, 0) is 21.2 Å². The van der Waals surface area contributed by atoms with Gasteiger partial charge in [0.1, 0.15) is 4.21 Å². The lowest BCUT2D eigenvalue weighted by atomic mass is 10.0. The highest BCUT2D eigenvalue weighted by molar-refractivity contribution is 7.99. The third-order valence-corrected chi connectivity index (χ3v) is 7.68. The molecule has 0 saturated carbocycles. The molecule has 2 heterocycles. The number of nitrogens with one attached hydrogen (secondary N) is 1. The maximum atomic E-state index is 12.2. The minimum atomic E-state index is -3.41. The average molecular weight is 321 g/mol. The van der Waals surface area contributed by atoms with Crippen LogP contribution < -0.4 is 4.72 Å². The number of thiophene rings is 1. The second-order valence-electron chi connectivity index (χ2n) is 4.59. The summed E-state index contributed by atoms with van der Waals surface area (Å²) in [6.07, 6.45) is 1.75. The second-order valence-corrected chi connectivity index (χ2v) is 8.86. The van der Waals surface area contributed by atoms with Crippen LogP contribution >= 0.6 is 23.1 Å². The maximum Gasteiger partial charge on any atom is 0.250 e. The zero-order valence-electron chi connectivity index (χ0n) is 11.1. The van der Waals surface area contributed by atoms with Crippen LogP contribution in [0.3, 0.4) is 0 Å². The van der Waals surface area contributed by atoms with E-state index in [4.69, 9.17) is 4.74 Å². The highest BCUT2D eigenvalue weighted by Crippen LogP contribution is 2.31. The summed E-state index contributed by atoms with van der Waals surface area (Å²) >= 11 is 3.13. The summed E-state index contributed by atoms with van der Waals surface area (Å²) in [6.45, 7) is 2.36. The van der Waals surface area contributed by atoms with Gasteiger partial charge in [-0.3, -0.25) is 0 Å². The molecule has 0 bridgehead atoms. The lowest BCUT2D eigenvalue weighted by molar-refractivity contribution is 0.0179. The van der Waals surface area contributed by atoms with Gasteiger partial charge in [0.2, 0.25) is 10.0 Å². The van der Waals surface area contributed by atoms with Gasteiger partial charge in [-0.25, -0.2) is 13.1 Å². The molecule has 4 nitrogen and oxygen atoms in total. The molecule has 2 rings (SSSR count). The highest BCUT2D eigenvalue weighted by Gasteiger charge is 2.35. The van der Waals surface area contributed by atoms with Crippen LogP contribution in [0.5, 0.6) is 0 Å². The van der Waals surface area contributed by atoms with Crippen molar-refractivity contribution >= 4 is 33.1 Å². The van der Waals surface area contributed by atoms with Gasteiger partial charge in [-0.15, -0.1) is 11.3 Å². The summed E-state index contributed by atoms with van der Waals surface area (Å²) in [7, 11) is -1.75. The van der Waals surface area contributed by atoms with Gasteiger partial charge in [0.25, 0.3) is 0 Å². The molecule has 19 heavy (non-hydrogen) atoms. The zero-order chi connectivity index (χ0) is 13.9. The van der Waals surface area contributed by atoms with Gasteiger partial charge in [0.15, 0.2) is 0 Å². The Hall–Kier alpha value is -0.0800. The first-order valence-corrected chi connectivity index (χ1v) is 9.68. The van der Waals surface area contributed by atoms with Crippen LogP contribution in [0.1, 0.15) is 18.2 Å². The molecular formula is C12H19NO3S3. The van der Waals surface area contributed by atoms with Crippen molar-refractivity contribution in [3.8, 4) is 0 Å². The molecule has 1 aliphatic heterocycles. The number of thioether (sulfide) groups is 1. The molecule has 1 saturated heterocycles. The lowest BCUT2D eigenvalue weighted by Gasteiger charge is -2.26. The van der Waals surface area contributed by atoms with Gasteiger partial charge in [-0.1, -0.05) is 6.92 Å². The van der Waals surface area contributed by atoms with Gasteiger partial charge in [-0.05, 0) is 30.7 Å². The zero-order valence-corrected chi connectivity index (χ0v) is 13.6. The van der Waals surface area contributed by atoms with Gasteiger partial charge < -0.3 is 4.74 Å². The number of sulfonamides is 1. The van der Waals surface area contributed by atoms with Gasteiger partial charge in [0, 0.05) is 24.3 Å². The predicted molar refractivity (Wildman–Crippen MR) is 80.6 cm³/mol. The van der Waals surface area contributed by atoms with Gasteiger partial charge in [-0.2, -0.15) is 11.8 Å². The Kier molecular flexibility index (Phi) is 4.94. The summed E-state index contributed by atoms with van der Waals surface area (Å²) in [5, 5.41) is 0. The molecule has 1 aromatic rings. The number of hydrogen-bond acceptors (Lipinski definition) is 5. The number of aryl methyl sites for hydroxylation is 1. The van der Waals surface area contributed by atoms with Crippen LogP contribution in [0, 0.1) is 0 Å². The molecule has 1 aliphatic rings. The molecule has 0 amide bonds. The van der Waals surface area contributed by atoms with Gasteiger partial charge in [0.05, 0.1) is 5.60 Å². The van der Waals surface area contributed by atoms with E-state index in [9.17, 15) is 8.42 Å². The molecule has 0 spiro atoms. The van der Waals surface area contributed by atoms with E-state index in [0.717, 1.165) is 29.2 Å². The molecule has 0 aromatic carbocycles. The fourth-order valence-corrected chi connectivity index (χ4v) is 5.80. The van der Waals surface area contributed by atoms with E-state index >= 15 is 0 Å². The second kappa shape index (κ2) is 6.13. The Morgan fingerprint density at radius 2 is 2.26 bits per heavy atom. The fraction of sp³-hybridized carbons (Fsp3) is 0.667. The first kappa shape index (κ1) is 15.3. The predicted octanol–water partition coefficient (Wildman–Crippen LogP) is 2.11. The minimum Gasteiger partial charge on any atom is -0.376 e. The number of ether oxygens (including phenoxy) is 1. The molecular weight excluding hydrogens is 302 g/mol. The quantitative estimate of drug-likeness (QED) is 0.872. The van der Waals surface area contributed by atoms with Crippen molar-refractivity contribution in [3.63, 3.8) is 0 Å². The third-order valence-electron chi connectivity index (χ3n) is 3.33. The van der Waals surface area contributed by atoms with Crippen molar-refractivity contribution in [2.75, 3.05) is 25.2 Å². The molecule has 1 atom stereocenters. The SMILES string of the molecule is CCc1ccc(S(=O)(=O)NC[C@@]2(OC)CCSC2)s1. The van der Waals surface area contributed by atoms with E-state index in [-0.39, 0.29) is 5.60 Å². The van der Waals surface area contributed by atoms with Crippen LogP contribution in [0.4, 0.5) is 0 Å². The molecule has 0 unspecified atom stereocenters. The number of methoxy groups -OCH3 is 1. The first-order valence-electron chi connectivity index (χ1n) is 6.23.